The van der Waals surface area contributed by atoms with E-state index in [1.165, 1.54) is 7.11 Å². The van der Waals surface area contributed by atoms with Crippen molar-refractivity contribution < 1.29 is 33.9 Å². The molecule has 0 amide bonds. The quantitative estimate of drug-likeness (QED) is 0.632. The number of aliphatic hydroxyl groups is 2. The predicted molar refractivity (Wildman–Crippen MR) is 118 cm³/mol. The maximum Gasteiger partial charge on any atom is 0.231 e. The van der Waals surface area contributed by atoms with Crippen LogP contribution in [0.3, 0.4) is 0 Å². The van der Waals surface area contributed by atoms with Crippen LogP contribution < -0.4 is 23.7 Å². The van der Waals surface area contributed by atoms with Crippen LogP contribution in [0.25, 0.3) is 0 Å². The van der Waals surface area contributed by atoms with Gasteiger partial charge in [0, 0.05) is 23.6 Å². The number of rotatable bonds is 4. The van der Waals surface area contributed by atoms with E-state index < -0.39 is 23.2 Å². The first-order chi connectivity index (χ1) is 16.0. The summed E-state index contributed by atoms with van der Waals surface area (Å²) in [6, 6.07) is 18.7. The second-order valence-electron chi connectivity index (χ2n) is 8.56. The van der Waals surface area contributed by atoms with Gasteiger partial charge in [-0.05, 0) is 18.1 Å². The monoisotopic (exact) mass is 448 g/mol. The Balaban J connectivity index is 1.69. The first-order valence-electron chi connectivity index (χ1n) is 10.8. The van der Waals surface area contributed by atoms with Crippen LogP contribution in [0.4, 0.5) is 0 Å². The average molecular weight is 448 g/mol. The summed E-state index contributed by atoms with van der Waals surface area (Å²) >= 11 is 0. The van der Waals surface area contributed by atoms with Gasteiger partial charge in [0.15, 0.2) is 22.7 Å². The molecule has 7 heteroatoms. The third kappa shape index (κ3) is 2.46. The van der Waals surface area contributed by atoms with Gasteiger partial charge in [-0.3, -0.25) is 0 Å². The molecule has 3 aromatic rings. The molecule has 3 aromatic carbocycles. The Kier molecular flexibility index (Phi) is 4.31. The normalized spacial score (nSPS) is 28.7. The Labute approximate surface area is 191 Å². The zero-order valence-electron chi connectivity index (χ0n) is 18.3. The van der Waals surface area contributed by atoms with Crippen molar-refractivity contribution in [3.05, 3.63) is 77.4 Å². The number of fused-ring (bicyclic) bond motifs is 4. The first kappa shape index (κ1) is 20.2. The van der Waals surface area contributed by atoms with Gasteiger partial charge in [-0.1, -0.05) is 42.5 Å². The number of para-hydroxylation sites is 1. The van der Waals surface area contributed by atoms with E-state index in [0.29, 0.717) is 39.9 Å². The standard InChI is InChI=1S/C26H24O7/c1-29-16-11-20(30-2)23-21(12-16)33-26(17-9-6-10-19-24(17)32-14-31-19)18(13-22(27)25(23,26)28)15-7-4-3-5-8-15/h3-12,18,22,27-28H,13-14H2,1-2H3/t18-,22+,25+,26-/m0/s1. The van der Waals surface area contributed by atoms with Crippen molar-refractivity contribution in [1.82, 2.24) is 0 Å². The van der Waals surface area contributed by atoms with Gasteiger partial charge in [0.1, 0.15) is 17.2 Å². The number of aliphatic hydroxyl groups excluding tert-OH is 1. The van der Waals surface area contributed by atoms with Crippen LogP contribution in [0.2, 0.25) is 0 Å². The number of ether oxygens (including phenoxy) is 5. The van der Waals surface area contributed by atoms with Gasteiger partial charge in [0.05, 0.1) is 25.9 Å². The zero-order chi connectivity index (χ0) is 22.8. The average Bonchev–Trinajstić information content (AvgIpc) is 3.49. The van der Waals surface area contributed by atoms with E-state index in [-0.39, 0.29) is 13.2 Å². The molecule has 6 rings (SSSR count). The second-order valence-corrected chi connectivity index (χ2v) is 8.56. The van der Waals surface area contributed by atoms with Crippen LogP contribution in [0, 0.1) is 0 Å². The van der Waals surface area contributed by atoms with Gasteiger partial charge in [-0.2, -0.15) is 0 Å². The fraction of sp³-hybridized carbons (Fsp3) is 0.308. The molecule has 3 aliphatic rings. The lowest BCUT2D eigenvalue weighted by atomic mass is 9.71. The minimum atomic E-state index is -1.82. The van der Waals surface area contributed by atoms with Gasteiger partial charge in [0.2, 0.25) is 6.79 Å². The van der Waals surface area contributed by atoms with E-state index in [9.17, 15) is 10.2 Å². The lowest BCUT2D eigenvalue weighted by molar-refractivity contribution is -0.150. The Morgan fingerprint density at radius 2 is 1.76 bits per heavy atom. The SMILES string of the molecule is COc1cc(OC)c2c(c1)O[C@@]1(c3cccc4c3OCO4)[C@H](c3ccccc3)C[C@@H](O)[C@@]21O. The van der Waals surface area contributed by atoms with Gasteiger partial charge in [-0.15, -0.1) is 0 Å². The highest BCUT2D eigenvalue weighted by Crippen LogP contribution is 2.70. The van der Waals surface area contributed by atoms with Gasteiger partial charge in [-0.25, -0.2) is 0 Å². The van der Waals surface area contributed by atoms with Gasteiger partial charge >= 0.3 is 0 Å². The van der Waals surface area contributed by atoms with Crippen LogP contribution in [0.1, 0.15) is 29.0 Å². The first-order valence-corrected chi connectivity index (χ1v) is 10.8. The third-order valence-corrected chi connectivity index (χ3v) is 7.14. The smallest absolute Gasteiger partial charge is 0.231 e. The molecule has 0 radical (unpaired) electrons. The second kappa shape index (κ2) is 7.04. The van der Waals surface area contributed by atoms with E-state index in [1.807, 2.05) is 48.5 Å². The molecule has 2 aliphatic heterocycles. The molecule has 0 aromatic heterocycles. The van der Waals surface area contributed by atoms with Gasteiger partial charge in [0.25, 0.3) is 0 Å². The Morgan fingerprint density at radius 1 is 0.939 bits per heavy atom. The lowest BCUT2D eigenvalue weighted by Crippen LogP contribution is -2.52. The molecular weight excluding hydrogens is 424 g/mol. The van der Waals surface area contributed by atoms with Crippen molar-refractivity contribution >= 4 is 0 Å². The van der Waals surface area contributed by atoms with Crippen LogP contribution in [-0.2, 0) is 11.2 Å². The Bertz CT molecular complexity index is 1230. The van der Waals surface area contributed by atoms with E-state index in [2.05, 4.69) is 0 Å². The number of hydrogen-bond acceptors (Lipinski definition) is 7. The molecule has 1 saturated carbocycles. The molecule has 0 unspecified atom stereocenters. The van der Waals surface area contributed by atoms with Crippen LogP contribution >= 0.6 is 0 Å². The number of hydrogen-bond donors (Lipinski definition) is 2. The predicted octanol–water partition coefficient (Wildman–Crippen LogP) is 3.46. The molecule has 33 heavy (non-hydrogen) atoms. The lowest BCUT2D eigenvalue weighted by Gasteiger charge is -2.41. The van der Waals surface area contributed by atoms with E-state index in [0.717, 1.165) is 5.56 Å². The van der Waals surface area contributed by atoms with Crippen molar-refractivity contribution in [3.63, 3.8) is 0 Å². The fourth-order valence-electron chi connectivity index (χ4n) is 5.78. The highest BCUT2D eigenvalue weighted by molar-refractivity contribution is 5.65. The topological polar surface area (TPSA) is 86.6 Å². The summed E-state index contributed by atoms with van der Waals surface area (Å²) in [5.41, 5.74) is -1.27. The largest absolute Gasteiger partial charge is 0.496 e. The summed E-state index contributed by atoms with van der Waals surface area (Å²) in [7, 11) is 3.07. The van der Waals surface area contributed by atoms with Crippen molar-refractivity contribution in [2.45, 2.75) is 29.6 Å². The molecule has 0 spiro atoms. The van der Waals surface area contributed by atoms with E-state index >= 15 is 0 Å². The minimum Gasteiger partial charge on any atom is -0.496 e. The van der Waals surface area contributed by atoms with Crippen molar-refractivity contribution in [2.75, 3.05) is 21.0 Å². The molecule has 170 valence electrons. The molecule has 0 saturated heterocycles. The van der Waals surface area contributed by atoms with E-state index in [1.54, 1.807) is 19.2 Å². The maximum absolute atomic E-state index is 12.5. The van der Waals surface area contributed by atoms with E-state index in [4.69, 9.17) is 23.7 Å². The zero-order valence-corrected chi connectivity index (χ0v) is 18.3. The summed E-state index contributed by atoms with van der Waals surface area (Å²) in [5, 5.41) is 24.0. The highest BCUT2D eigenvalue weighted by atomic mass is 16.7. The minimum absolute atomic E-state index is 0.0729. The van der Waals surface area contributed by atoms with Crippen molar-refractivity contribution in [1.29, 1.82) is 0 Å². The summed E-state index contributed by atoms with van der Waals surface area (Å²) in [6.07, 6.45) is -0.857. The molecule has 7 nitrogen and oxygen atoms in total. The Morgan fingerprint density at radius 3 is 2.52 bits per heavy atom. The number of methoxy groups -OCH3 is 2. The molecular formula is C26H24O7. The highest BCUT2D eigenvalue weighted by Gasteiger charge is 2.74. The Hall–Kier alpha value is -3.42. The van der Waals surface area contributed by atoms with Crippen LogP contribution in [0.15, 0.2) is 60.7 Å². The summed E-state index contributed by atoms with van der Waals surface area (Å²) in [4.78, 5) is 0. The van der Waals surface area contributed by atoms with Crippen molar-refractivity contribution in [2.24, 2.45) is 0 Å². The maximum atomic E-state index is 12.5. The third-order valence-electron chi connectivity index (χ3n) is 7.14. The summed E-state index contributed by atoms with van der Waals surface area (Å²) in [5.74, 6) is 1.98. The van der Waals surface area contributed by atoms with Gasteiger partial charge < -0.3 is 33.9 Å². The molecule has 4 atom stereocenters. The molecule has 1 fully saturated rings. The fourth-order valence-corrected chi connectivity index (χ4v) is 5.78. The summed E-state index contributed by atoms with van der Waals surface area (Å²) < 4.78 is 29.3. The molecule has 0 bridgehead atoms. The molecule has 2 heterocycles. The van der Waals surface area contributed by atoms with Crippen molar-refractivity contribution in [3.8, 4) is 28.7 Å². The molecule has 1 aliphatic carbocycles. The number of benzene rings is 3. The summed E-state index contributed by atoms with van der Waals surface area (Å²) in [6.45, 7) is 0.0729. The van der Waals surface area contributed by atoms with Crippen LogP contribution in [-0.4, -0.2) is 37.3 Å². The molecule has 2 N–H and O–H groups in total. The van der Waals surface area contributed by atoms with Crippen LogP contribution in [0.5, 0.6) is 28.7 Å².